The summed E-state index contributed by atoms with van der Waals surface area (Å²) in [6, 6.07) is 5.95. The summed E-state index contributed by atoms with van der Waals surface area (Å²) in [5.41, 5.74) is 2.02. The molecule has 1 aromatic rings. The summed E-state index contributed by atoms with van der Waals surface area (Å²) in [5.74, 6) is 0.0773. The summed E-state index contributed by atoms with van der Waals surface area (Å²) < 4.78 is 0.936. The predicted molar refractivity (Wildman–Crippen MR) is 86.1 cm³/mol. The Labute approximate surface area is 129 Å². The third-order valence-corrected chi connectivity index (χ3v) is 4.31. The summed E-state index contributed by atoms with van der Waals surface area (Å²) in [6.45, 7) is 7.15. The van der Waals surface area contributed by atoms with E-state index >= 15 is 0 Å². The molecule has 0 aliphatic carbocycles. The summed E-state index contributed by atoms with van der Waals surface area (Å²) in [6.07, 6.45) is 0.546. The van der Waals surface area contributed by atoms with E-state index in [4.69, 9.17) is 0 Å². The summed E-state index contributed by atoms with van der Waals surface area (Å²) in [5, 5.41) is 2.96. The molecule has 2 rings (SSSR count). The van der Waals surface area contributed by atoms with Crippen molar-refractivity contribution in [1.29, 1.82) is 0 Å². The zero-order valence-electron chi connectivity index (χ0n) is 12.2. The number of carbonyl (C=O) groups is 1. The van der Waals surface area contributed by atoms with Gasteiger partial charge in [-0.2, -0.15) is 0 Å². The Kier molecular flexibility index (Phi) is 5.57. The molecular formula is C15H22BrN3O. The number of benzene rings is 1. The normalized spacial score (nSPS) is 17.1. The van der Waals surface area contributed by atoms with Crippen molar-refractivity contribution in [2.45, 2.75) is 13.3 Å². The Morgan fingerprint density at radius 3 is 2.65 bits per heavy atom. The van der Waals surface area contributed by atoms with Gasteiger partial charge >= 0.3 is 0 Å². The van der Waals surface area contributed by atoms with Crippen molar-refractivity contribution < 1.29 is 4.79 Å². The number of anilines is 1. The molecular weight excluding hydrogens is 318 g/mol. The van der Waals surface area contributed by atoms with Crippen LogP contribution >= 0.6 is 15.9 Å². The molecule has 1 fully saturated rings. The molecule has 0 bridgehead atoms. The number of likely N-dealkylation sites (N-methyl/N-ethyl adjacent to an activating group) is 1. The van der Waals surface area contributed by atoms with Crippen LogP contribution in [-0.2, 0) is 4.79 Å². The topological polar surface area (TPSA) is 35.6 Å². The number of aryl methyl sites for hydroxylation is 1. The van der Waals surface area contributed by atoms with Crippen LogP contribution in [0.4, 0.5) is 5.69 Å². The molecule has 0 unspecified atom stereocenters. The van der Waals surface area contributed by atoms with E-state index in [0.717, 1.165) is 42.9 Å². The van der Waals surface area contributed by atoms with E-state index in [2.05, 4.69) is 38.1 Å². The van der Waals surface area contributed by atoms with Crippen LogP contribution in [0.3, 0.4) is 0 Å². The van der Waals surface area contributed by atoms with E-state index in [1.807, 2.05) is 25.1 Å². The van der Waals surface area contributed by atoms with Gasteiger partial charge in [0.05, 0.1) is 5.69 Å². The molecule has 0 spiro atoms. The Morgan fingerprint density at radius 2 is 2.00 bits per heavy atom. The first-order valence-corrected chi connectivity index (χ1v) is 7.81. The third-order valence-electron chi connectivity index (χ3n) is 3.65. The molecule has 1 heterocycles. The minimum Gasteiger partial charge on any atom is -0.325 e. The van der Waals surface area contributed by atoms with Crippen molar-refractivity contribution in [2.24, 2.45) is 0 Å². The van der Waals surface area contributed by atoms with Gasteiger partial charge in [0.1, 0.15) is 0 Å². The maximum absolute atomic E-state index is 12.0. The number of hydrogen-bond acceptors (Lipinski definition) is 3. The SMILES string of the molecule is Cc1ccc(NC(=O)CCN2CCN(C)CC2)c(Br)c1. The molecule has 1 aliphatic rings. The highest BCUT2D eigenvalue weighted by Gasteiger charge is 2.14. The average molecular weight is 340 g/mol. The van der Waals surface area contributed by atoms with Crippen molar-refractivity contribution >= 4 is 27.5 Å². The molecule has 110 valence electrons. The van der Waals surface area contributed by atoms with Crippen molar-refractivity contribution in [2.75, 3.05) is 45.1 Å². The quantitative estimate of drug-likeness (QED) is 0.914. The molecule has 5 heteroatoms. The molecule has 0 atom stereocenters. The zero-order valence-corrected chi connectivity index (χ0v) is 13.7. The highest BCUT2D eigenvalue weighted by Crippen LogP contribution is 2.23. The number of hydrogen-bond donors (Lipinski definition) is 1. The number of carbonyl (C=O) groups excluding carboxylic acids is 1. The van der Waals surface area contributed by atoms with Crippen LogP contribution in [0.15, 0.2) is 22.7 Å². The molecule has 0 saturated carbocycles. The summed E-state index contributed by atoms with van der Waals surface area (Å²) in [7, 11) is 2.14. The molecule has 1 amide bonds. The molecule has 0 aromatic heterocycles. The minimum absolute atomic E-state index is 0.0773. The predicted octanol–water partition coefficient (Wildman–Crippen LogP) is 2.33. The van der Waals surface area contributed by atoms with Gasteiger partial charge in [-0.25, -0.2) is 0 Å². The van der Waals surface area contributed by atoms with Gasteiger partial charge in [-0.05, 0) is 47.6 Å². The second-order valence-corrected chi connectivity index (χ2v) is 6.28. The number of nitrogens with one attached hydrogen (secondary N) is 1. The first-order chi connectivity index (χ1) is 9.54. The summed E-state index contributed by atoms with van der Waals surface area (Å²) >= 11 is 3.48. The zero-order chi connectivity index (χ0) is 14.5. The lowest BCUT2D eigenvalue weighted by Crippen LogP contribution is -2.45. The Balaban J connectivity index is 1.78. The fourth-order valence-corrected chi connectivity index (χ4v) is 2.86. The maximum Gasteiger partial charge on any atom is 0.225 e. The third kappa shape index (κ3) is 4.58. The number of amides is 1. The molecule has 1 aliphatic heterocycles. The first-order valence-electron chi connectivity index (χ1n) is 7.01. The first kappa shape index (κ1) is 15.5. The van der Waals surface area contributed by atoms with Gasteiger partial charge in [0.15, 0.2) is 0 Å². The Morgan fingerprint density at radius 1 is 1.30 bits per heavy atom. The highest BCUT2D eigenvalue weighted by molar-refractivity contribution is 9.10. The smallest absolute Gasteiger partial charge is 0.225 e. The fourth-order valence-electron chi connectivity index (χ4n) is 2.27. The molecule has 20 heavy (non-hydrogen) atoms. The second-order valence-electron chi connectivity index (χ2n) is 5.43. The van der Waals surface area contributed by atoms with E-state index in [9.17, 15) is 4.79 Å². The van der Waals surface area contributed by atoms with Crippen molar-refractivity contribution in [3.05, 3.63) is 28.2 Å². The molecule has 1 N–H and O–H groups in total. The minimum atomic E-state index is 0.0773. The van der Waals surface area contributed by atoms with Gasteiger partial charge in [0, 0.05) is 43.6 Å². The summed E-state index contributed by atoms with van der Waals surface area (Å²) in [4.78, 5) is 16.7. The van der Waals surface area contributed by atoms with Crippen LogP contribution in [-0.4, -0.2) is 55.5 Å². The van der Waals surface area contributed by atoms with Crippen LogP contribution in [0.2, 0.25) is 0 Å². The lowest BCUT2D eigenvalue weighted by atomic mass is 10.2. The van der Waals surface area contributed by atoms with E-state index in [1.165, 1.54) is 5.56 Å². The largest absolute Gasteiger partial charge is 0.325 e. The lowest BCUT2D eigenvalue weighted by molar-refractivity contribution is -0.116. The monoisotopic (exact) mass is 339 g/mol. The molecule has 1 aromatic carbocycles. The molecule has 0 radical (unpaired) electrons. The standard InChI is InChI=1S/C15H22BrN3O/c1-12-3-4-14(13(16)11-12)17-15(20)5-6-19-9-7-18(2)8-10-19/h3-4,11H,5-10H2,1-2H3,(H,17,20). The van der Waals surface area contributed by atoms with E-state index in [0.29, 0.717) is 6.42 Å². The average Bonchev–Trinajstić information content (AvgIpc) is 2.41. The number of rotatable bonds is 4. The van der Waals surface area contributed by atoms with Crippen molar-refractivity contribution in [1.82, 2.24) is 9.80 Å². The van der Waals surface area contributed by atoms with Gasteiger partial charge in [0.25, 0.3) is 0 Å². The van der Waals surface area contributed by atoms with Gasteiger partial charge in [-0.1, -0.05) is 6.07 Å². The van der Waals surface area contributed by atoms with Crippen molar-refractivity contribution in [3.63, 3.8) is 0 Å². The van der Waals surface area contributed by atoms with Gasteiger partial charge in [-0.3, -0.25) is 4.79 Å². The van der Waals surface area contributed by atoms with Gasteiger partial charge in [0.2, 0.25) is 5.91 Å². The highest BCUT2D eigenvalue weighted by atomic mass is 79.9. The number of nitrogens with zero attached hydrogens (tertiary/aromatic N) is 2. The maximum atomic E-state index is 12.0. The van der Waals surface area contributed by atoms with Gasteiger partial charge in [-0.15, -0.1) is 0 Å². The van der Waals surface area contributed by atoms with Crippen LogP contribution in [0.5, 0.6) is 0 Å². The van der Waals surface area contributed by atoms with E-state index < -0.39 is 0 Å². The Bertz CT molecular complexity index is 470. The fraction of sp³-hybridized carbons (Fsp3) is 0.533. The number of halogens is 1. The second kappa shape index (κ2) is 7.20. The van der Waals surface area contributed by atoms with Crippen molar-refractivity contribution in [3.8, 4) is 0 Å². The van der Waals surface area contributed by atoms with Crippen LogP contribution in [0.1, 0.15) is 12.0 Å². The van der Waals surface area contributed by atoms with Crippen LogP contribution < -0.4 is 5.32 Å². The van der Waals surface area contributed by atoms with E-state index in [1.54, 1.807) is 0 Å². The molecule has 1 saturated heterocycles. The van der Waals surface area contributed by atoms with E-state index in [-0.39, 0.29) is 5.91 Å². The van der Waals surface area contributed by atoms with Gasteiger partial charge < -0.3 is 15.1 Å². The van der Waals surface area contributed by atoms with Crippen LogP contribution in [0.25, 0.3) is 0 Å². The number of piperazine rings is 1. The molecule has 4 nitrogen and oxygen atoms in total. The Hall–Kier alpha value is -0.910. The van der Waals surface area contributed by atoms with Crippen LogP contribution in [0, 0.1) is 6.92 Å². The lowest BCUT2D eigenvalue weighted by Gasteiger charge is -2.32.